The first-order valence-electron chi connectivity index (χ1n) is 9.09. The van der Waals surface area contributed by atoms with Crippen LogP contribution >= 0.6 is 0 Å². The molecular weight excluding hydrogens is 244 g/mol. The number of nitrogens with one attached hydrogen (secondary N) is 1. The minimum Gasteiger partial charge on any atom is -0.314 e. The minimum absolute atomic E-state index is 0.748. The third-order valence-corrected chi connectivity index (χ3v) is 5.37. The zero-order valence-corrected chi connectivity index (χ0v) is 14.2. The molecule has 2 rings (SSSR count). The summed E-state index contributed by atoms with van der Waals surface area (Å²) in [5, 5.41) is 3.79. The van der Waals surface area contributed by atoms with Crippen molar-refractivity contribution in [3.63, 3.8) is 0 Å². The molecule has 0 saturated heterocycles. The van der Waals surface area contributed by atoms with E-state index in [2.05, 4.69) is 37.9 Å². The summed E-state index contributed by atoms with van der Waals surface area (Å²) in [6, 6.07) is 0.748. The predicted molar refractivity (Wildman–Crippen MR) is 88.0 cm³/mol. The normalized spacial score (nSPS) is 34.6. The second-order valence-electron chi connectivity index (χ2n) is 7.58. The smallest absolute Gasteiger partial charge is 0.0112 e. The number of hydrogen-bond donors (Lipinski definition) is 1. The average Bonchev–Trinajstić information content (AvgIpc) is 3.18. The first-order chi connectivity index (χ1) is 9.63. The number of rotatable bonds is 8. The van der Waals surface area contributed by atoms with Crippen LogP contribution in [-0.4, -0.2) is 37.1 Å². The molecule has 0 aliphatic heterocycles. The van der Waals surface area contributed by atoms with E-state index in [1.807, 2.05) is 0 Å². The molecule has 2 saturated carbocycles. The van der Waals surface area contributed by atoms with Crippen LogP contribution in [0.15, 0.2) is 0 Å². The molecule has 4 unspecified atom stereocenters. The topological polar surface area (TPSA) is 15.3 Å². The molecule has 1 N–H and O–H groups in total. The number of nitrogens with zero attached hydrogens (tertiary/aromatic N) is 1. The van der Waals surface area contributed by atoms with Crippen molar-refractivity contribution in [2.45, 2.75) is 65.8 Å². The van der Waals surface area contributed by atoms with Crippen LogP contribution in [0.2, 0.25) is 0 Å². The zero-order valence-electron chi connectivity index (χ0n) is 14.2. The summed E-state index contributed by atoms with van der Waals surface area (Å²) in [5.41, 5.74) is 0. The molecule has 2 nitrogen and oxygen atoms in total. The van der Waals surface area contributed by atoms with Crippen LogP contribution in [0.1, 0.15) is 59.8 Å². The maximum Gasteiger partial charge on any atom is 0.0112 e. The van der Waals surface area contributed by atoms with Gasteiger partial charge in [0.05, 0.1) is 0 Å². The third-order valence-electron chi connectivity index (χ3n) is 5.37. The Balaban J connectivity index is 1.93. The number of hydrogen-bond acceptors (Lipinski definition) is 2. The van der Waals surface area contributed by atoms with E-state index < -0.39 is 0 Å². The maximum atomic E-state index is 3.79. The molecule has 118 valence electrons. The van der Waals surface area contributed by atoms with Gasteiger partial charge in [-0.25, -0.2) is 0 Å². The van der Waals surface area contributed by atoms with E-state index in [4.69, 9.17) is 0 Å². The Morgan fingerprint density at radius 2 is 1.80 bits per heavy atom. The Hall–Kier alpha value is -0.0800. The van der Waals surface area contributed by atoms with Gasteiger partial charge >= 0.3 is 0 Å². The van der Waals surface area contributed by atoms with Gasteiger partial charge in [-0.3, -0.25) is 0 Å². The lowest BCUT2D eigenvalue weighted by atomic mass is 9.72. The van der Waals surface area contributed by atoms with Crippen LogP contribution in [0.3, 0.4) is 0 Å². The van der Waals surface area contributed by atoms with Gasteiger partial charge in [0, 0.05) is 19.1 Å². The van der Waals surface area contributed by atoms with Gasteiger partial charge in [0.15, 0.2) is 0 Å². The lowest BCUT2D eigenvalue weighted by molar-refractivity contribution is 0.0992. The molecule has 0 spiro atoms. The molecule has 0 radical (unpaired) electrons. The van der Waals surface area contributed by atoms with Gasteiger partial charge in [-0.1, -0.05) is 27.7 Å². The molecular formula is C18H36N2. The quantitative estimate of drug-likeness (QED) is 0.728. The van der Waals surface area contributed by atoms with Crippen LogP contribution in [0.25, 0.3) is 0 Å². The summed E-state index contributed by atoms with van der Waals surface area (Å²) in [5.74, 6) is 3.66. The first kappa shape index (κ1) is 16.3. The van der Waals surface area contributed by atoms with Crippen LogP contribution in [0, 0.1) is 23.7 Å². The Morgan fingerprint density at radius 3 is 2.40 bits per heavy atom. The van der Waals surface area contributed by atoms with Crippen LogP contribution in [0.4, 0.5) is 0 Å². The van der Waals surface area contributed by atoms with Crippen molar-refractivity contribution >= 4 is 0 Å². The van der Waals surface area contributed by atoms with Gasteiger partial charge in [-0.15, -0.1) is 0 Å². The molecule has 0 amide bonds. The molecule has 0 aromatic heterocycles. The molecule has 2 fully saturated rings. The van der Waals surface area contributed by atoms with E-state index in [0.717, 1.165) is 36.3 Å². The zero-order chi connectivity index (χ0) is 14.5. The first-order valence-corrected chi connectivity index (χ1v) is 9.09. The summed E-state index contributed by atoms with van der Waals surface area (Å²) < 4.78 is 0. The highest BCUT2D eigenvalue weighted by atomic mass is 15.1. The molecule has 0 heterocycles. The molecule has 4 atom stereocenters. The average molecular weight is 281 g/mol. The fourth-order valence-electron chi connectivity index (χ4n) is 4.25. The minimum atomic E-state index is 0.748. The molecule has 2 heteroatoms. The lowest BCUT2D eigenvalue weighted by Gasteiger charge is -2.42. The van der Waals surface area contributed by atoms with Gasteiger partial charge in [-0.05, 0) is 68.9 Å². The summed E-state index contributed by atoms with van der Waals surface area (Å²) in [6.07, 6.45) is 7.07. The summed E-state index contributed by atoms with van der Waals surface area (Å²) in [7, 11) is 0. The molecule has 0 aromatic carbocycles. The SMILES string of the molecule is CCCN(CC1CC1)CC1C(C)CC(C)CC1NCC. The fourth-order valence-corrected chi connectivity index (χ4v) is 4.25. The molecule has 0 bridgehead atoms. The van der Waals surface area contributed by atoms with Gasteiger partial charge in [-0.2, -0.15) is 0 Å². The fraction of sp³-hybridized carbons (Fsp3) is 1.00. The van der Waals surface area contributed by atoms with E-state index in [1.54, 1.807) is 0 Å². The van der Waals surface area contributed by atoms with Gasteiger partial charge in [0.2, 0.25) is 0 Å². The van der Waals surface area contributed by atoms with Crippen LogP contribution in [-0.2, 0) is 0 Å². The highest BCUT2D eigenvalue weighted by Crippen LogP contribution is 2.35. The van der Waals surface area contributed by atoms with E-state index in [-0.39, 0.29) is 0 Å². The maximum absolute atomic E-state index is 3.79. The Morgan fingerprint density at radius 1 is 1.05 bits per heavy atom. The largest absolute Gasteiger partial charge is 0.314 e. The van der Waals surface area contributed by atoms with Crippen molar-refractivity contribution in [3.05, 3.63) is 0 Å². The summed E-state index contributed by atoms with van der Waals surface area (Å²) in [4.78, 5) is 2.78. The van der Waals surface area contributed by atoms with Crippen molar-refractivity contribution < 1.29 is 0 Å². The Kier molecular flexibility index (Phi) is 6.35. The van der Waals surface area contributed by atoms with E-state index >= 15 is 0 Å². The second-order valence-corrected chi connectivity index (χ2v) is 7.58. The molecule has 0 aromatic rings. The van der Waals surface area contributed by atoms with E-state index in [1.165, 1.54) is 51.7 Å². The molecule has 2 aliphatic rings. The van der Waals surface area contributed by atoms with Gasteiger partial charge in [0.25, 0.3) is 0 Å². The van der Waals surface area contributed by atoms with Crippen molar-refractivity contribution in [3.8, 4) is 0 Å². The molecule has 20 heavy (non-hydrogen) atoms. The third kappa shape index (κ3) is 4.73. The van der Waals surface area contributed by atoms with Crippen molar-refractivity contribution in [1.82, 2.24) is 10.2 Å². The Labute approximate surface area is 126 Å². The summed E-state index contributed by atoms with van der Waals surface area (Å²) >= 11 is 0. The highest BCUT2D eigenvalue weighted by molar-refractivity contribution is 4.90. The predicted octanol–water partition coefficient (Wildman–Crippen LogP) is 3.77. The van der Waals surface area contributed by atoms with Gasteiger partial charge < -0.3 is 10.2 Å². The van der Waals surface area contributed by atoms with Crippen LogP contribution < -0.4 is 5.32 Å². The standard InChI is InChI=1S/C18H36N2/c1-5-9-20(12-16-7-8-16)13-17-15(4)10-14(3)11-18(17)19-6-2/h14-19H,5-13H2,1-4H3. The van der Waals surface area contributed by atoms with Gasteiger partial charge in [0.1, 0.15) is 0 Å². The second kappa shape index (κ2) is 7.79. The van der Waals surface area contributed by atoms with Crippen molar-refractivity contribution in [2.24, 2.45) is 23.7 Å². The monoisotopic (exact) mass is 280 g/mol. The van der Waals surface area contributed by atoms with E-state index in [0.29, 0.717) is 0 Å². The highest BCUT2D eigenvalue weighted by Gasteiger charge is 2.35. The summed E-state index contributed by atoms with van der Waals surface area (Å²) in [6.45, 7) is 14.6. The lowest BCUT2D eigenvalue weighted by Crippen LogP contribution is -2.49. The van der Waals surface area contributed by atoms with Crippen molar-refractivity contribution in [2.75, 3.05) is 26.2 Å². The van der Waals surface area contributed by atoms with Crippen molar-refractivity contribution in [1.29, 1.82) is 0 Å². The Bertz CT molecular complexity index is 275. The molecule has 2 aliphatic carbocycles. The van der Waals surface area contributed by atoms with Crippen LogP contribution in [0.5, 0.6) is 0 Å². The van der Waals surface area contributed by atoms with E-state index in [9.17, 15) is 0 Å².